The molecular weight excluding hydrogens is 448 g/mol. The number of benzene rings is 2. The molecule has 5 nitrogen and oxygen atoms in total. The first-order chi connectivity index (χ1) is 12.8. The molecule has 1 unspecified atom stereocenters. The summed E-state index contributed by atoms with van der Waals surface area (Å²) >= 11 is 9.18. The number of carbonyl (C=O) groups is 1. The molecule has 1 N–H and O–H groups in total. The largest absolute Gasteiger partial charge is 0.493 e. The molecule has 0 aliphatic carbocycles. The Morgan fingerprint density at radius 3 is 2.48 bits per heavy atom. The fraction of sp³-hybridized carbons (Fsp3) is 0.278. The SMILES string of the molecule is COc1ccc(CNC(=O)C(C)Oc2ccc(Cl)cc2Br)cc1OC(F)F. The molecule has 0 saturated carbocycles. The van der Waals surface area contributed by atoms with E-state index in [1.807, 2.05) is 0 Å². The van der Waals surface area contributed by atoms with Crippen molar-refractivity contribution in [3.63, 3.8) is 0 Å². The maximum atomic E-state index is 12.5. The molecule has 1 atom stereocenters. The van der Waals surface area contributed by atoms with Gasteiger partial charge in [-0.05, 0) is 58.7 Å². The summed E-state index contributed by atoms with van der Waals surface area (Å²) < 4.78 is 40.6. The second-order valence-corrected chi connectivity index (χ2v) is 6.71. The third-order valence-corrected chi connectivity index (χ3v) is 4.33. The second-order valence-electron chi connectivity index (χ2n) is 5.42. The lowest BCUT2D eigenvalue weighted by Gasteiger charge is -2.16. The summed E-state index contributed by atoms with van der Waals surface area (Å²) in [6.07, 6.45) is -0.780. The zero-order chi connectivity index (χ0) is 20.0. The van der Waals surface area contributed by atoms with Crippen LogP contribution in [0.3, 0.4) is 0 Å². The average molecular weight is 465 g/mol. The Balaban J connectivity index is 1.97. The van der Waals surface area contributed by atoms with Crippen molar-refractivity contribution >= 4 is 33.4 Å². The molecule has 0 bridgehead atoms. The van der Waals surface area contributed by atoms with Crippen LogP contribution in [0.1, 0.15) is 12.5 Å². The fourth-order valence-electron chi connectivity index (χ4n) is 2.17. The van der Waals surface area contributed by atoms with Gasteiger partial charge >= 0.3 is 6.61 Å². The third kappa shape index (κ3) is 6.25. The fourth-order valence-corrected chi connectivity index (χ4v) is 2.94. The number of halogens is 4. The van der Waals surface area contributed by atoms with Gasteiger partial charge in [-0.25, -0.2) is 0 Å². The van der Waals surface area contributed by atoms with Crippen LogP contribution in [-0.4, -0.2) is 25.7 Å². The molecule has 2 aromatic carbocycles. The van der Waals surface area contributed by atoms with Gasteiger partial charge in [0, 0.05) is 11.6 Å². The highest BCUT2D eigenvalue weighted by molar-refractivity contribution is 9.10. The molecule has 2 rings (SSSR count). The zero-order valence-electron chi connectivity index (χ0n) is 14.5. The van der Waals surface area contributed by atoms with E-state index in [0.29, 0.717) is 20.8 Å². The van der Waals surface area contributed by atoms with Crippen LogP contribution in [0.2, 0.25) is 5.02 Å². The smallest absolute Gasteiger partial charge is 0.387 e. The summed E-state index contributed by atoms with van der Waals surface area (Å²) in [5.74, 6) is 0.173. The normalized spacial score (nSPS) is 11.8. The average Bonchev–Trinajstić information content (AvgIpc) is 2.61. The maximum Gasteiger partial charge on any atom is 0.387 e. The number of amides is 1. The van der Waals surface area contributed by atoms with Crippen molar-refractivity contribution in [2.75, 3.05) is 7.11 Å². The highest BCUT2D eigenvalue weighted by atomic mass is 79.9. The Kier molecular flexibility index (Phi) is 7.67. The Labute approximate surface area is 168 Å². The molecule has 0 heterocycles. The van der Waals surface area contributed by atoms with Crippen LogP contribution in [0.4, 0.5) is 8.78 Å². The molecule has 1 amide bonds. The summed E-state index contributed by atoms with van der Waals surface area (Å²) in [5, 5.41) is 3.21. The van der Waals surface area contributed by atoms with E-state index in [4.69, 9.17) is 21.1 Å². The van der Waals surface area contributed by atoms with Crippen LogP contribution in [0.15, 0.2) is 40.9 Å². The molecule has 27 heavy (non-hydrogen) atoms. The highest BCUT2D eigenvalue weighted by Crippen LogP contribution is 2.30. The molecule has 2 aromatic rings. The van der Waals surface area contributed by atoms with E-state index in [2.05, 4.69) is 26.0 Å². The monoisotopic (exact) mass is 463 g/mol. The Morgan fingerprint density at radius 2 is 1.85 bits per heavy atom. The Hall–Kier alpha value is -2.06. The molecule has 146 valence electrons. The molecule has 0 spiro atoms. The summed E-state index contributed by atoms with van der Waals surface area (Å²) in [5.41, 5.74) is 0.569. The Bertz CT molecular complexity index is 807. The highest BCUT2D eigenvalue weighted by Gasteiger charge is 2.17. The molecule has 9 heteroatoms. The van der Waals surface area contributed by atoms with Gasteiger partial charge in [-0.2, -0.15) is 8.78 Å². The van der Waals surface area contributed by atoms with E-state index < -0.39 is 12.7 Å². The van der Waals surface area contributed by atoms with Crippen LogP contribution in [0, 0.1) is 0 Å². The molecule has 0 aromatic heterocycles. The lowest BCUT2D eigenvalue weighted by Crippen LogP contribution is -2.36. The molecule has 0 aliphatic rings. The van der Waals surface area contributed by atoms with Gasteiger partial charge < -0.3 is 19.5 Å². The standard InChI is InChI=1S/C18H17BrClF2NO4/c1-10(26-14-6-4-12(20)8-13(14)19)17(24)23-9-11-3-5-15(25-2)16(7-11)27-18(21)22/h3-8,10,18H,9H2,1-2H3,(H,23,24). The van der Waals surface area contributed by atoms with Gasteiger partial charge in [0.1, 0.15) is 5.75 Å². The number of hydrogen-bond acceptors (Lipinski definition) is 4. The zero-order valence-corrected chi connectivity index (χ0v) is 16.8. The molecule has 0 saturated heterocycles. The number of methoxy groups -OCH3 is 1. The van der Waals surface area contributed by atoms with Gasteiger partial charge in [-0.3, -0.25) is 4.79 Å². The van der Waals surface area contributed by atoms with E-state index in [1.54, 1.807) is 31.2 Å². The van der Waals surface area contributed by atoms with Crippen molar-refractivity contribution in [3.05, 3.63) is 51.5 Å². The number of ether oxygens (including phenoxy) is 3. The number of nitrogens with one attached hydrogen (secondary N) is 1. The lowest BCUT2D eigenvalue weighted by molar-refractivity contribution is -0.127. The van der Waals surface area contributed by atoms with E-state index in [1.165, 1.54) is 19.2 Å². The van der Waals surface area contributed by atoms with Crippen LogP contribution < -0.4 is 19.5 Å². The summed E-state index contributed by atoms with van der Waals surface area (Å²) in [4.78, 5) is 12.2. The summed E-state index contributed by atoms with van der Waals surface area (Å²) in [6.45, 7) is -1.27. The van der Waals surface area contributed by atoms with Gasteiger partial charge in [-0.15, -0.1) is 0 Å². The summed E-state index contributed by atoms with van der Waals surface area (Å²) in [7, 11) is 1.35. The number of carbonyl (C=O) groups excluding carboxylic acids is 1. The van der Waals surface area contributed by atoms with Crippen molar-refractivity contribution < 1.29 is 27.8 Å². The van der Waals surface area contributed by atoms with Crippen LogP contribution in [-0.2, 0) is 11.3 Å². The quantitative estimate of drug-likeness (QED) is 0.610. The third-order valence-electron chi connectivity index (χ3n) is 3.48. The van der Waals surface area contributed by atoms with Gasteiger partial charge in [0.15, 0.2) is 17.6 Å². The van der Waals surface area contributed by atoms with E-state index in [-0.39, 0.29) is 24.0 Å². The minimum absolute atomic E-state index is 0.103. The Morgan fingerprint density at radius 1 is 1.15 bits per heavy atom. The van der Waals surface area contributed by atoms with Gasteiger partial charge in [0.2, 0.25) is 0 Å². The molecule has 0 fully saturated rings. The number of rotatable bonds is 8. The topological polar surface area (TPSA) is 56.8 Å². The number of hydrogen-bond donors (Lipinski definition) is 1. The first-order valence-electron chi connectivity index (χ1n) is 7.81. The minimum Gasteiger partial charge on any atom is -0.493 e. The van der Waals surface area contributed by atoms with E-state index in [9.17, 15) is 13.6 Å². The van der Waals surface area contributed by atoms with Crippen molar-refractivity contribution in [1.29, 1.82) is 0 Å². The van der Waals surface area contributed by atoms with Crippen LogP contribution in [0.25, 0.3) is 0 Å². The second kappa shape index (κ2) is 9.75. The van der Waals surface area contributed by atoms with Crippen molar-refractivity contribution in [1.82, 2.24) is 5.32 Å². The van der Waals surface area contributed by atoms with Crippen LogP contribution in [0.5, 0.6) is 17.2 Å². The lowest BCUT2D eigenvalue weighted by atomic mass is 10.2. The van der Waals surface area contributed by atoms with E-state index in [0.717, 1.165) is 0 Å². The van der Waals surface area contributed by atoms with Crippen molar-refractivity contribution in [3.8, 4) is 17.2 Å². The van der Waals surface area contributed by atoms with Gasteiger partial charge in [0.25, 0.3) is 5.91 Å². The predicted molar refractivity (Wildman–Crippen MR) is 101 cm³/mol. The maximum absolute atomic E-state index is 12.5. The minimum atomic E-state index is -2.98. The molecule has 0 aliphatic heterocycles. The summed E-state index contributed by atoms with van der Waals surface area (Å²) in [6, 6.07) is 9.46. The molecule has 0 radical (unpaired) electrons. The predicted octanol–water partition coefficient (Wildman–Crippen LogP) is 4.80. The van der Waals surface area contributed by atoms with Gasteiger partial charge in [0.05, 0.1) is 11.6 Å². The van der Waals surface area contributed by atoms with E-state index >= 15 is 0 Å². The first-order valence-corrected chi connectivity index (χ1v) is 8.98. The van der Waals surface area contributed by atoms with Crippen molar-refractivity contribution in [2.45, 2.75) is 26.2 Å². The van der Waals surface area contributed by atoms with Crippen molar-refractivity contribution in [2.24, 2.45) is 0 Å². The van der Waals surface area contributed by atoms with Crippen LogP contribution >= 0.6 is 27.5 Å². The first kappa shape index (κ1) is 21.2. The molecular formula is C18H17BrClF2NO4. The van der Waals surface area contributed by atoms with Gasteiger partial charge in [-0.1, -0.05) is 17.7 Å². The number of alkyl halides is 2.